The van der Waals surface area contributed by atoms with E-state index in [4.69, 9.17) is 0 Å². The first kappa shape index (κ1) is 27.9. The van der Waals surface area contributed by atoms with Crippen molar-refractivity contribution in [1.82, 2.24) is 10.2 Å². The lowest BCUT2D eigenvalue weighted by Crippen LogP contribution is -2.53. The Morgan fingerprint density at radius 1 is 0.811 bits per heavy atom. The number of hydrogen-bond donors (Lipinski definition) is 1. The standard InChI is InChI=1S/C29H35N3O4S/c1-23(2)20-30-29(34)27(19-24-13-7-4-8-14-24)31(21-25-15-9-5-10-16-25)28(33)22-32(37(3,35)36)26-17-11-6-12-18-26/h4-18,23,27H,19-22H2,1-3H3,(H,30,34)/t27-/m1/s1. The Balaban J connectivity index is 2.00. The van der Waals surface area contributed by atoms with E-state index < -0.39 is 28.5 Å². The van der Waals surface area contributed by atoms with Crippen molar-refractivity contribution in [1.29, 1.82) is 0 Å². The van der Waals surface area contributed by atoms with E-state index in [0.717, 1.165) is 21.7 Å². The molecular weight excluding hydrogens is 486 g/mol. The zero-order chi connectivity index (χ0) is 26.8. The highest BCUT2D eigenvalue weighted by molar-refractivity contribution is 7.92. The van der Waals surface area contributed by atoms with E-state index in [1.54, 1.807) is 30.3 Å². The summed E-state index contributed by atoms with van der Waals surface area (Å²) in [4.78, 5) is 28.9. The fourth-order valence-corrected chi connectivity index (χ4v) is 4.81. The quantitative estimate of drug-likeness (QED) is 0.392. The van der Waals surface area contributed by atoms with Gasteiger partial charge in [0.1, 0.15) is 12.6 Å². The molecule has 0 saturated heterocycles. The fourth-order valence-electron chi connectivity index (χ4n) is 3.96. The summed E-state index contributed by atoms with van der Waals surface area (Å²) >= 11 is 0. The summed E-state index contributed by atoms with van der Waals surface area (Å²) in [5.74, 6) is -0.496. The third kappa shape index (κ3) is 8.46. The molecule has 0 heterocycles. The highest BCUT2D eigenvalue weighted by atomic mass is 32.2. The molecule has 0 aliphatic heterocycles. The molecule has 0 aliphatic carbocycles. The van der Waals surface area contributed by atoms with Crippen LogP contribution in [0.5, 0.6) is 0 Å². The van der Waals surface area contributed by atoms with E-state index in [9.17, 15) is 18.0 Å². The number of sulfonamides is 1. The Bertz CT molecular complexity index is 1250. The molecule has 2 amide bonds. The molecule has 3 aromatic carbocycles. The monoisotopic (exact) mass is 521 g/mol. The molecule has 0 radical (unpaired) electrons. The SMILES string of the molecule is CC(C)CNC(=O)[C@@H](Cc1ccccc1)N(Cc1ccccc1)C(=O)CN(c1ccccc1)S(C)(=O)=O. The van der Waals surface area contributed by atoms with Gasteiger partial charge in [-0.15, -0.1) is 0 Å². The van der Waals surface area contributed by atoms with Crippen LogP contribution in [0.4, 0.5) is 5.69 Å². The number of carbonyl (C=O) groups excluding carboxylic acids is 2. The van der Waals surface area contributed by atoms with Gasteiger partial charge in [0.05, 0.1) is 11.9 Å². The fraction of sp³-hybridized carbons (Fsp3) is 0.310. The summed E-state index contributed by atoms with van der Waals surface area (Å²) in [5, 5.41) is 2.97. The lowest BCUT2D eigenvalue weighted by Gasteiger charge is -2.33. The van der Waals surface area contributed by atoms with Crippen molar-refractivity contribution in [2.45, 2.75) is 32.9 Å². The molecule has 0 aromatic heterocycles. The van der Waals surface area contributed by atoms with Gasteiger partial charge in [-0.25, -0.2) is 8.42 Å². The number of rotatable bonds is 12. The van der Waals surface area contributed by atoms with E-state index in [1.165, 1.54) is 4.90 Å². The molecule has 0 spiro atoms. The largest absolute Gasteiger partial charge is 0.354 e. The van der Waals surface area contributed by atoms with E-state index in [2.05, 4.69) is 5.32 Å². The number of anilines is 1. The van der Waals surface area contributed by atoms with Crippen LogP contribution in [0.15, 0.2) is 91.0 Å². The first-order chi connectivity index (χ1) is 17.6. The van der Waals surface area contributed by atoms with Crippen LogP contribution >= 0.6 is 0 Å². The van der Waals surface area contributed by atoms with E-state index in [-0.39, 0.29) is 18.4 Å². The van der Waals surface area contributed by atoms with Gasteiger partial charge in [0.2, 0.25) is 21.8 Å². The number of nitrogens with zero attached hydrogens (tertiary/aromatic N) is 2. The molecule has 37 heavy (non-hydrogen) atoms. The zero-order valence-corrected chi connectivity index (χ0v) is 22.4. The molecular formula is C29H35N3O4S. The minimum absolute atomic E-state index is 0.165. The van der Waals surface area contributed by atoms with Crippen molar-refractivity contribution in [2.24, 2.45) is 5.92 Å². The topological polar surface area (TPSA) is 86.8 Å². The molecule has 8 heteroatoms. The summed E-state index contributed by atoms with van der Waals surface area (Å²) in [6.45, 7) is 4.22. The van der Waals surface area contributed by atoms with Gasteiger partial charge in [-0.1, -0.05) is 92.7 Å². The van der Waals surface area contributed by atoms with E-state index in [0.29, 0.717) is 18.7 Å². The predicted octanol–water partition coefficient (Wildman–Crippen LogP) is 3.86. The summed E-state index contributed by atoms with van der Waals surface area (Å²) in [6.07, 6.45) is 1.37. The molecule has 0 saturated carbocycles. The second-order valence-corrected chi connectivity index (χ2v) is 11.4. The van der Waals surface area contributed by atoms with Gasteiger partial charge in [-0.3, -0.25) is 13.9 Å². The third-order valence-corrected chi connectivity index (χ3v) is 7.02. The summed E-state index contributed by atoms with van der Waals surface area (Å²) in [5.41, 5.74) is 2.14. The number of carbonyl (C=O) groups is 2. The van der Waals surface area contributed by atoms with Crippen LogP contribution < -0.4 is 9.62 Å². The summed E-state index contributed by atoms with van der Waals surface area (Å²) < 4.78 is 26.5. The average molecular weight is 522 g/mol. The van der Waals surface area contributed by atoms with Gasteiger partial charge in [-0.05, 0) is 29.2 Å². The predicted molar refractivity (Wildman–Crippen MR) is 147 cm³/mol. The van der Waals surface area contributed by atoms with Gasteiger partial charge >= 0.3 is 0 Å². The normalized spacial score (nSPS) is 12.1. The van der Waals surface area contributed by atoms with Crippen molar-refractivity contribution in [3.63, 3.8) is 0 Å². The van der Waals surface area contributed by atoms with Crippen molar-refractivity contribution in [3.8, 4) is 0 Å². The van der Waals surface area contributed by atoms with Gasteiger partial charge in [0.15, 0.2) is 0 Å². The van der Waals surface area contributed by atoms with Crippen LogP contribution in [-0.4, -0.2) is 50.5 Å². The third-order valence-electron chi connectivity index (χ3n) is 5.87. The van der Waals surface area contributed by atoms with Crippen LogP contribution in [-0.2, 0) is 32.6 Å². The van der Waals surface area contributed by atoms with Crippen LogP contribution in [0.3, 0.4) is 0 Å². The summed E-state index contributed by atoms with van der Waals surface area (Å²) in [6, 6.07) is 26.6. The minimum atomic E-state index is -3.76. The van der Waals surface area contributed by atoms with E-state index >= 15 is 0 Å². The number of benzene rings is 3. The lowest BCUT2D eigenvalue weighted by molar-refractivity contribution is -0.140. The zero-order valence-electron chi connectivity index (χ0n) is 21.6. The second kappa shape index (κ2) is 13.1. The second-order valence-electron chi connectivity index (χ2n) is 9.46. The number of nitrogens with one attached hydrogen (secondary N) is 1. The summed E-state index contributed by atoms with van der Waals surface area (Å²) in [7, 11) is -3.76. The van der Waals surface area contributed by atoms with Crippen molar-refractivity contribution < 1.29 is 18.0 Å². The molecule has 3 rings (SSSR count). The molecule has 0 fully saturated rings. The van der Waals surface area contributed by atoms with Crippen molar-refractivity contribution >= 4 is 27.5 Å². The molecule has 0 unspecified atom stereocenters. The first-order valence-corrected chi connectivity index (χ1v) is 14.2. The number of para-hydroxylation sites is 1. The Morgan fingerprint density at radius 3 is 1.84 bits per heavy atom. The molecule has 7 nitrogen and oxygen atoms in total. The Labute approximate surface area is 220 Å². The highest BCUT2D eigenvalue weighted by Crippen LogP contribution is 2.20. The molecule has 1 atom stereocenters. The Kier molecular flexibility index (Phi) is 9.85. The smallest absolute Gasteiger partial charge is 0.244 e. The van der Waals surface area contributed by atoms with Crippen LogP contribution in [0, 0.1) is 5.92 Å². The first-order valence-electron chi connectivity index (χ1n) is 12.3. The molecule has 3 aromatic rings. The van der Waals surface area contributed by atoms with Crippen LogP contribution in [0.1, 0.15) is 25.0 Å². The maximum Gasteiger partial charge on any atom is 0.244 e. The van der Waals surface area contributed by atoms with Crippen molar-refractivity contribution in [2.75, 3.05) is 23.7 Å². The van der Waals surface area contributed by atoms with Gasteiger partial charge < -0.3 is 10.2 Å². The maximum atomic E-state index is 13.9. The molecule has 0 bridgehead atoms. The van der Waals surface area contributed by atoms with Gasteiger partial charge in [-0.2, -0.15) is 0 Å². The van der Waals surface area contributed by atoms with Crippen LogP contribution in [0.2, 0.25) is 0 Å². The van der Waals surface area contributed by atoms with Crippen molar-refractivity contribution in [3.05, 3.63) is 102 Å². The molecule has 1 N–H and O–H groups in total. The maximum absolute atomic E-state index is 13.9. The molecule has 0 aliphatic rings. The Morgan fingerprint density at radius 2 is 1.32 bits per heavy atom. The average Bonchev–Trinajstić information content (AvgIpc) is 2.88. The van der Waals surface area contributed by atoms with E-state index in [1.807, 2.05) is 74.5 Å². The lowest BCUT2D eigenvalue weighted by atomic mass is 10.0. The minimum Gasteiger partial charge on any atom is -0.354 e. The Hall–Kier alpha value is -3.65. The highest BCUT2D eigenvalue weighted by Gasteiger charge is 2.33. The number of amides is 2. The number of hydrogen-bond acceptors (Lipinski definition) is 4. The molecule has 196 valence electrons. The van der Waals surface area contributed by atoms with Crippen LogP contribution in [0.25, 0.3) is 0 Å². The van der Waals surface area contributed by atoms with Gasteiger partial charge in [0, 0.05) is 19.5 Å². The van der Waals surface area contributed by atoms with Gasteiger partial charge in [0.25, 0.3) is 0 Å².